The maximum absolute atomic E-state index is 12.8. The molecule has 3 aromatic rings. The van der Waals surface area contributed by atoms with Gasteiger partial charge in [0.1, 0.15) is 0 Å². The molecule has 0 N–H and O–H groups in total. The van der Waals surface area contributed by atoms with E-state index in [9.17, 15) is 9.59 Å². The van der Waals surface area contributed by atoms with Crippen LogP contribution in [0.25, 0.3) is 10.2 Å². The predicted octanol–water partition coefficient (Wildman–Crippen LogP) is 3.18. The third-order valence-corrected chi connectivity index (χ3v) is 5.52. The molecule has 1 amide bonds. The third-order valence-electron chi connectivity index (χ3n) is 4.43. The Hall–Kier alpha value is -3.33. The van der Waals surface area contributed by atoms with E-state index in [2.05, 4.69) is 4.99 Å². The molecule has 3 rings (SSSR count). The molecular weight excluding hydrogens is 408 g/mol. The summed E-state index contributed by atoms with van der Waals surface area (Å²) < 4.78 is 23.6. The van der Waals surface area contributed by atoms with Crippen LogP contribution in [0.4, 0.5) is 0 Å². The molecule has 158 valence electrons. The van der Waals surface area contributed by atoms with Gasteiger partial charge < -0.3 is 23.5 Å². The number of carbonyl (C=O) groups is 2. The lowest BCUT2D eigenvalue weighted by molar-refractivity contribution is 0.0526. The summed E-state index contributed by atoms with van der Waals surface area (Å²) >= 11 is 1.30. The number of hydrogen-bond acceptors (Lipinski definition) is 7. The fourth-order valence-electron chi connectivity index (χ4n) is 2.94. The lowest BCUT2D eigenvalue weighted by Gasteiger charge is -2.12. The number of esters is 1. The molecule has 1 heterocycles. The van der Waals surface area contributed by atoms with Crippen LogP contribution in [0.15, 0.2) is 35.3 Å². The standard InChI is InChI=1S/C21H22N2O6S/c1-6-29-20(25)12-7-8-14-17(11-12)30-21(23(14)2)22-19(24)13-9-15(26-3)18(28-5)16(10-13)27-4/h7-11H,6H2,1-5H3. The molecule has 9 heteroatoms. The summed E-state index contributed by atoms with van der Waals surface area (Å²) in [5.41, 5.74) is 1.60. The zero-order valence-corrected chi connectivity index (χ0v) is 18.2. The summed E-state index contributed by atoms with van der Waals surface area (Å²) in [6, 6.07) is 8.35. The highest BCUT2D eigenvalue weighted by atomic mass is 32.1. The zero-order valence-electron chi connectivity index (χ0n) is 17.3. The van der Waals surface area contributed by atoms with E-state index in [1.165, 1.54) is 32.7 Å². The van der Waals surface area contributed by atoms with Gasteiger partial charge in [-0.1, -0.05) is 11.3 Å². The average molecular weight is 430 g/mol. The molecule has 0 bridgehead atoms. The normalized spacial score (nSPS) is 11.4. The summed E-state index contributed by atoms with van der Waals surface area (Å²) in [6.07, 6.45) is 0. The molecule has 8 nitrogen and oxygen atoms in total. The van der Waals surface area contributed by atoms with Crippen molar-refractivity contribution in [1.29, 1.82) is 0 Å². The Morgan fingerprint density at radius 3 is 2.23 bits per heavy atom. The van der Waals surface area contributed by atoms with Crippen LogP contribution in [-0.2, 0) is 11.8 Å². The van der Waals surface area contributed by atoms with E-state index in [1.54, 1.807) is 41.8 Å². The van der Waals surface area contributed by atoms with E-state index in [0.717, 1.165) is 10.2 Å². The second-order valence-electron chi connectivity index (χ2n) is 6.18. The van der Waals surface area contributed by atoms with Crippen molar-refractivity contribution in [2.75, 3.05) is 27.9 Å². The molecule has 0 aliphatic carbocycles. The average Bonchev–Trinajstić information content (AvgIpc) is 3.07. The molecule has 0 aliphatic heterocycles. The van der Waals surface area contributed by atoms with Crippen molar-refractivity contribution in [2.24, 2.45) is 12.0 Å². The number of amides is 1. The molecule has 0 spiro atoms. The minimum atomic E-state index is -0.456. The van der Waals surface area contributed by atoms with Crippen LogP contribution in [0.5, 0.6) is 17.2 Å². The first kappa shape index (κ1) is 21.4. The second kappa shape index (κ2) is 9.00. The monoisotopic (exact) mass is 430 g/mol. The number of ether oxygens (including phenoxy) is 4. The Balaban J connectivity index is 2.05. The number of carbonyl (C=O) groups excluding carboxylic acids is 2. The van der Waals surface area contributed by atoms with Crippen molar-refractivity contribution >= 4 is 33.4 Å². The third kappa shape index (κ3) is 4.02. The Labute approximate surface area is 177 Å². The fourth-order valence-corrected chi connectivity index (χ4v) is 3.99. The van der Waals surface area contributed by atoms with Crippen LogP contribution in [0, 0.1) is 0 Å². The van der Waals surface area contributed by atoms with Gasteiger partial charge >= 0.3 is 5.97 Å². The summed E-state index contributed by atoms with van der Waals surface area (Å²) in [6.45, 7) is 2.06. The zero-order chi connectivity index (χ0) is 21.8. The molecule has 0 saturated carbocycles. The molecule has 0 unspecified atom stereocenters. The molecule has 0 saturated heterocycles. The first-order valence-corrected chi connectivity index (χ1v) is 9.90. The molecular formula is C21H22N2O6S. The topological polar surface area (TPSA) is 88.3 Å². The van der Waals surface area contributed by atoms with Crippen molar-refractivity contribution in [2.45, 2.75) is 6.92 Å². The van der Waals surface area contributed by atoms with Crippen LogP contribution in [0.2, 0.25) is 0 Å². The van der Waals surface area contributed by atoms with E-state index < -0.39 is 5.91 Å². The van der Waals surface area contributed by atoms with E-state index >= 15 is 0 Å². The molecule has 0 radical (unpaired) electrons. The van der Waals surface area contributed by atoms with Gasteiger partial charge in [-0.25, -0.2) is 4.79 Å². The highest BCUT2D eigenvalue weighted by Gasteiger charge is 2.17. The number of benzene rings is 2. The Morgan fingerprint density at radius 1 is 1.00 bits per heavy atom. The van der Waals surface area contributed by atoms with Gasteiger partial charge in [-0.2, -0.15) is 4.99 Å². The van der Waals surface area contributed by atoms with Crippen molar-refractivity contribution in [3.8, 4) is 17.2 Å². The van der Waals surface area contributed by atoms with Gasteiger partial charge in [0, 0.05) is 12.6 Å². The van der Waals surface area contributed by atoms with Crippen molar-refractivity contribution in [1.82, 2.24) is 4.57 Å². The van der Waals surface area contributed by atoms with Gasteiger partial charge in [-0.05, 0) is 37.3 Å². The highest BCUT2D eigenvalue weighted by molar-refractivity contribution is 7.16. The van der Waals surface area contributed by atoms with Gasteiger partial charge in [0.05, 0.1) is 43.7 Å². The summed E-state index contributed by atoms with van der Waals surface area (Å²) in [5.74, 6) is 0.297. The van der Waals surface area contributed by atoms with E-state index in [4.69, 9.17) is 18.9 Å². The summed E-state index contributed by atoms with van der Waals surface area (Å²) in [7, 11) is 6.27. The maximum Gasteiger partial charge on any atom is 0.338 e. The van der Waals surface area contributed by atoms with Crippen LogP contribution in [0.1, 0.15) is 27.6 Å². The second-order valence-corrected chi connectivity index (χ2v) is 7.19. The fraction of sp³-hybridized carbons (Fsp3) is 0.286. The molecule has 0 aliphatic rings. The molecule has 0 fully saturated rings. The van der Waals surface area contributed by atoms with Gasteiger partial charge in [0.25, 0.3) is 5.91 Å². The number of nitrogens with zero attached hydrogens (tertiary/aromatic N) is 2. The first-order chi connectivity index (χ1) is 14.4. The minimum absolute atomic E-state index is 0.300. The van der Waals surface area contributed by atoms with Crippen molar-refractivity contribution < 1.29 is 28.5 Å². The quantitative estimate of drug-likeness (QED) is 0.558. The van der Waals surface area contributed by atoms with Crippen molar-refractivity contribution in [3.63, 3.8) is 0 Å². The number of aromatic nitrogens is 1. The lowest BCUT2D eigenvalue weighted by atomic mass is 10.1. The predicted molar refractivity (Wildman–Crippen MR) is 113 cm³/mol. The van der Waals surface area contributed by atoms with Crippen LogP contribution in [0.3, 0.4) is 0 Å². The number of thiazole rings is 1. The summed E-state index contributed by atoms with van der Waals surface area (Å²) in [5, 5.41) is 0. The molecule has 0 atom stereocenters. The van der Waals surface area contributed by atoms with Gasteiger partial charge in [0.2, 0.25) is 5.75 Å². The van der Waals surface area contributed by atoms with E-state index in [1.807, 2.05) is 7.05 Å². The minimum Gasteiger partial charge on any atom is -0.493 e. The van der Waals surface area contributed by atoms with Crippen LogP contribution < -0.4 is 19.0 Å². The lowest BCUT2D eigenvalue weighted by Crippen LogP contribution is -2.13. The van der Waals surface area contributed by atoms with Gasteiger partial charge in [-0.3, -0.25) is 4.79 Å². The largest absolute Gasteiger partial charge is 0.493 e. The Morgan fingerprint density at radius 2 is 1.67 bits per heavy atom. The SMILES string of the molecule is CCOC(=O)c1ccc2c(c1)sc(=NC(=O)c1cc(OC)c(OC)c(OC)c1)n2C. The molecule has 1 aromatic heterocycles. The van der Waals surface area contributed by atoms with Crippen LogP contribution in [-0.4, -0.2) is 44.4 Å². The molecule has 30 heavy (non-hydrogen) atoms. The number of methoxy groups -OCH3 is 3. The number of rotatable bonds is 6. The van der Waals surface area contributed by atoms with Crippen LogP contribution >= 0.6 is 11.3 Å². The van der Waals surface area contributed by atoms with Crippen molar-refractivity contribution in [3.05, 3.63) is 46.3 Å². The Kier molecular flexibility index (Phi) is 6.41. The number of aryl methyl sites for hydroxylation is 1. The Bertz CT molecular complexity index is 1150. The highest BCUT2D eigenvalue weighted by Crippen LogP contribution is 2.38. The van der Waals surface area contributed by atoms with Gasteiger partial charge in [-0.15, -0.1) is 0 Å². The van der Waals surface area contributed by atoms with E-state index in [-0.39, 0.29) is 5.97 Å². The first-order valence-electron chi connectivity index (χ1n) is 9.09. The smallest absolute Gasteiger partial charge is 0.338 e. The number of fused-ring (bicyclic) bond motifs is 1. The van der Waals surface area contributed by atoms with Gasteiger partial charge in [0.15, 0.2) is 16.3 Å². The maximum atomic E-state index is 12.8. The number of hydrogen-bond donors (Lipinski definition) is 0. The summed E-state index contributed by atoms with van der Waals surface area (Å²) in [4.78, 5) is 29.6. The molecule has 2 aromatic carbocycles. The van der Waals surface area contributed by atoms with E-state index in [0.29, 0.717) is 39.8 Å².